The van der Waals surface area contributed by atoms with Crippen LogP contribution in [0, 0.1) is 23.2 Å². The van der Waals surface area contributed by atoms with E-state index in [0.29, 0.717) is 31.4 Å². The lowest BCUT2D eigenvalue weighted by Crippen LogP contribution is -2.67. The van der Waals surface area contributed by atoms with Crippen LogP contribution in [0.1, 0.15) is 148 Å². The highest BCUT2D eigenvalue weighted by Crippen LogP contribution is 2.62. The zero-order valence-corrected chi connectivity index (χ0v) is 45.1. The molecule has 0 unspecified atom stereocenters. The Labute approximate surface area is 420 Å². The normalized spacial score (nSPS) is 22.3. The van der Waals surface area contributed by atoms with E-state index in [4.69, 9.17) is 9.16 Å². The van der Waals surface area contributed by atoms with Crippen molar-refractivity contribution in [2.45, 2.75) is 141 Å². The third-order valence-corrected chi connectivity index (χ3v) is 22.6. The third kappa shape index (κ3) is 10.0. The number of nitrogens with zero attached hydrogens (tertiary/aromatic N) is 1. The summed E-state index contributed by atoms with van der Waals surface area (Å²) in [6, 6.07) is 44.8. The number of benzene rings is 5. The number of thioether (sulfide) groups is 1. The molecule has 5 aromatic carbocycles. The SMILES string of the molecule is COc1ccc(N(CCO[Si](c2ccccc2)(c2ccccc2)C(C)(C)C)c2ccc(/C=C/C3=C(Sc4c(C(C)C)cccc4C(C)C)C(=O)CC(C)(C)C3)cc2)cc1C12CC3CC(CC(C3)C1)C2. The molecule has 4 fully saturated rings. The average molecular weight is 956 g/mol. The molecule has 4 saturated carbocycles. The summed E-state index contributed by atoms with van der Waals surface area (Å²) in [4.78, 5) is 18.8. The van der Waals surface area contributed by atoms with Crippen LogP contribution in [0.25, 0.3) is 6.08 Å². The molecule has 0 aliphatic heterocycles. The van der Waals surface area contributed by atoms with Crippen LogP contribution < -0.4 is 20.0 Å². The van der Waals surface area contributed by atoms with Crippen LogP contribution in [0.4, 0.5) is 11.4 Å². The van der Waals surface area contributed by atoms with Gasteiger partial charge in [0.05, 0.1) is 18.6 Å². The highest BCUT2D eigenvalue weighted by atomic mass is 32.2. The Morgan fingerprint density at radius 2 is 1.26 bits per heavy atom. The minimum atomic E-state index is -2.78. The molecule has 69 heavy (non-hydrogen) atoms. The van der Waals surface area contributed by atoms with Gasteiger partial charge in [-0.15, -0.1) is 0 Å². The van der Waals surface area contributed by atoms with Crippen LogP contribution in [0.5, 0.6) is 5.75 Å². The summed E-state index contributed by atoms with van der Waals surface area (Å²) in [6.45, 7) is 21.8. The molecule has 5 aromatic rings. The zero-order valence-electron chi connectivity index (χ0n) is 43.2. The molecular weight excluding hydrogens is 879 g/mol. The molecule has 0 saturated heterocycles. The minimum absolute atomic E-state index is 0.104. The summed E-state index contributed by atoms with van der Waals surface area (Å²) < 4.78 is 13.8. The second-order valence-electron chi connectivity index (χ2n) is 23.6. The molecule has 0 amide bonds. The van der Waals surface area contributed by atoms with Gasteiger partial charge in [0.15, 0.2) is 5.78 Å². The second-order valence-corrected chi connectivity index (χ2v) is 29.0. The van der Waals surface area contributed by atoms with Gasteiger partial charge < -0.3 is 14.1 Å². The van der Waals surface area contributed by atoms with E-state index in [1.165, 1.54) is 76.2 Å². The predicted octanol–water partition coefficient (Wildman–Crippen LogP) is 15.6. The Morgan fingerprint density at radius 1 is 0.710 bits per heavy atom. The Kier molecular flexibility index (Phi) is 14.2. The molecule has 362 valence electrons. The standard InChI is InChI=1S/C63H77NO3SSi/c1-43(2)54-22-17-23-55(44(3)4)60(54)68-59-49(41-62(8,9)42-57(59)65)27-24-45-25-28-50(29-26-45)64(32-33-67-69(61(5,6)7,52-18-13-11-14-19-52)53-20-15-12-16-21-53)51-30-31-58(66-10)56(37-51)63-38-46-34-47(39-63)36-48(35-46)40-63/h11-31,37,43-44,46-48H,32-36,38-42H2,1-10H3/b27-24+. The Bertz CT molecular complexity index is 2570. The number of anilines is 2. The summed E-state index contributed by atoms with van der Waals surface area (Å²) >= 11 is 1.71. The van der Waals surface area contributed by atoms with Gasteiger partial charge in [-0.3, -0.25) is 4.79 Å². The van der Waals surface area contributed by atoms with Gasteiger partial charge in [0.25, 0.3) is 8.32 Å². The molecule has 5 aliphatic carbocycles. The molecule has 10 rings (SSSR count). The maximum atomic E-state index is 14.1. The molecule has 0 radical (unpaired) electrons. The first kappa shape index (κ1) is 49.4. The maximum Gasteiger partial charge on any atom is 0.261 e. The van der Waals surface area contributed by atoms with Gasteiger partial charge in [-0.2, -0.15) is 0 Å². The van der Waals surface area contributed by atoms with Gasteiger partial charge in [0.2, 0.25) is 0 Å². The molecule has 0 atom stereocenters. The summed E-state index contributed by atoms with van der Waals surface area (Å²) in [5.41, 5.74) is 8.69. The molecule has 0 heterocycles. The smallest absolute Gasteiger partial charge is 0.261 e. The third-order valence-electron chi connectivity index (χ3n) is 16.2. The molecule has 6 heteroatoms. The van der Waals surface area contributed by atoms with Gasteiger partial charge >= 0.3 is 0 Å². The van der Waals surface area contributed by atoms with Crippen LogP contribution in [0.3, 0.4) is 0 Å². The van der Waals surface area contributed by atoms with Gasteiger partial charge in [0.1, 0.15) is 5.75 Å². The fraction of sp³-hybridized carbons (Fsp3) is 0.444. The van der Waals surface area contributed by atoms with Gasteiger partial charge in [-0.05, 0) is 153 Å². The monoisotopic (exact) mass is 956 g/mol. The highest BCUT2D eigenvalue weighted by Gasteiger charge is 2.53. The highest BCUT2D eigenvalue weighted by molar-refractivity contribution is 8.04. The molecule has 4 bridgehead atoms. The number of carbonyl (C=O) groups excluding carboxylic acids is 1. The molecule has 0 N–H and O–H groups in total. The zero-order chi connectivity index (χ0) is 48.7. The van der Waals surface area contributed by atoms with Crippen molar-refractivity contribution in [3.63, 3.8) is 0 Å². The Hall–Kier alpha value is -4.62. The van der Waals surface area contributed by atoms with Crippen molar-refractivity contribution in [2.75, 3.05) is 25.2 Å². The van der Waals surface area contributed by atoms with Gasteiger partial charge in [0, 0.05) is 34.8 Å². The van der Waals surface area contributed by atoms with E-state index < -0.39 is 8.32 Å². The van der Waals surface area contributed by atoms with Crippen LogP contribution >= 0.6 is 11.8 Å². The van der Waals surface area contributed by atoms with Crippen molar-refractivity contribution in [1.82, 2.24) is 0 Å². The van der Waals surface area contributed by atoms with Crippen LogP contribution in [0.2, 0.25) is 5.04 Å². The first-order valence-electron chi connectivity index (χ1n) is 26.1. The number of Topliss-reactive ketones (excluding diaryl/α,β-unsaturated/α-hetero) is 1. The van der Waals surface area contributed by atoms with Crippen molar-refractivity contribution in [3.05, 3.63) is 160 Å². The molecule has 0 spiro atoms. The maximum absolute atomic E-state index is 14.1. The number of hydrogen-bond acceptors (Lipinski definition) is 5. The Morgan fingerprint density at radius 3 is 1.78 bits per heavy atom. The van der Waals surface area contributed by atoms with Crippen molar-refractivity contribution >= 4 is 53.7 Å². The topological polar surface area (TPSA) is 38.8 Å². The summed E-state index contributed by atoms with van der Waals surface area (Å²) in [7, 11) is -0.920. The number of ketones is 1. The summed E-state index contributed by atoms with van der Waals surface area (Å²) in [6.07, 6.45) is 13.9. The van der Waals surface area contributed by atoms with E-state index in [9.17, 15) is 4.79 Å². The average Bonchev–Trinajstić information content (AvgIpc) is 3.31. The lowest BCUT2D eigenvalue weighted by Gasteiger charge is -2.57. The van der Waals surface area contributed by atoms with Crippen LogP contribution in [-0.2, 0) is 14.6 Å². The second kappa shape index (κ2) is 19.9. The van der Waals surface area contributed by atoms with E-state index in [0.717, 1.165) is 51.7 Å². The number of carbonyl (C=O) groups is 1. The van der Waals surface area contributed by atoms with Crippen molar-refractivity contribution in [1.29, 1.82) is 0 Å². The minimum Gasteiger partial charge on any atom is -0.496 e. The number of hydrogen-bond donors (Lipinski definition) is 0. The van der Waals surface area contributed by atoms with Gasteiger partial charge in [-0.25, -0.2) is 0 Å². The fourth-order valence-corrected chi connectivity index (χ4v) is 19.5. The van der Waals surface area contributed by atoms with Crippen molar-refractivity contribution in [2.24, 2.45) is 23.2 Å². The number of ether oxygens (including phenoxy) is 1. The van der Waals surface area contributed by atoms with E-state index in [2.05, 4.69) is 201 Å². The first-order valence-corrected chi connectivity index (χ1v) is 28.8. The number of allylic oxidation sites excluding steroid dienone is 3. The molecule has 0 aromatic heterocycles. The number of methoxy groups -OCH3 is 1. The van der Waals surface area contributed by atoms with E-state index >= 15 is 0 Å². The van der Waals surface area contributed by atoms with E-state index in [1.807, 2.05) is 7.11 Å². The summed E-state index contributed by atoms with van der Waals surface area (Å²) in [5, 5.41) is 2.47. The molecule has 5 aliphatic rings. The fourth-order valence-electron chi connectivity index (χ4n) is 13.5. The van der Waals surface area contributed by atoms with E-state index in [-0.39, 0.29) is 21.7 Å². The van der Waals surface area contributed by atoms with Crippen LogP contribution in [0.15, 0.2) is 143 Å². The van der Waals surface area contributed by atoms with Crippen molar-refractivity contribution < 1.29 is 14.0 Å². The molecule has 4 nitrogen and oxygen atoms in total. The van der Waals surface area contributed by atoms with Crippen molar-refractivity contribution in [3.8, 4) is 5.75 Å². The Balaban J connectivity index is 1.08. The summed E-state index contributed by atoms with van der Waals surface area (Å²) in [5.74, 6) is 4.51. The van der Waals surface area contributed by atoms with Gasteiger partial charge in [-0.1, -0.05) is 177 Å². The van der Waals surface area contributed by atoms with E-state index in [1.54, 1.807) is 11.8 Å². The largest absolute Gasteiger partial charge is 0.496 e. The first-order chi connectivity index (χ1) is 33.0. The lowest BCUT2D eigenvalue weighted by molar-refractivity contribution is -0.117. The quantitative estimate of drug-likeness (QED) is 0.0922. The van der Waals surface area contributed by atoms with Crippen LogP contribution in [-0.4, -0.2) is 34.4 Å². The predicted molar refractivity (Wildman–Crippen MR) is 294 cm³/mol. The number of rotatable bonds is 16. The molecular formula is C63H77NO3SSi. The lowest BCUT2D eigenvalue weighted by atomic mass is 9.48.